The maximum atomic E-state index is 13.6. The van der Waals surface area contributed by atoms with Gasteiger partial charge >= 0.3 is 0 Å². The Morgan fingerprint density at radius 2 is 2.00 bits per heavy atom. The largest absolute Gasteiger partial charge is 0.392 e. The summed E-state index contributed by atoms with van der Waals surface area (Å²) in [5.74, 6) is -2.43. The summed E-state index contributed by atoms with van der Waals surface area (Å²) in [5.41, 5.74) is 0.0166. The number of rotatable bonds is 5. The van der Waals surface area contributed by atoms with E-state index in [1.54, 1.807) is 0 Å². The molecule has 1 saturated carbocycles. The highest BCUT2D eigenvalue weighted by Crippen LogP contribution is 2.26. The van der Waals surface area contributed by atoms with Gasteiger partial charge in [-0.2, -0.15) is 0 Å². The van der Waals surface area contributed by atoms with E-state index in [2.05, 4.69) is 4.72 Å². The van der Waals surface area contributed by atoms with Crippen LogP contribution in [0.25, 0.3) is 0 Å². The van der Waals surface area contributed by atoms with Gasteiger partial charge in [0.25, 0.3) is 0 Å². The molecular weight excluding hydrogens is 276 g/mol. The molecule has 19 heavy (non-hydrogen) atoms. The number of benzene rings is 1. The highest BCUT2D eigenvalue weighted by Gasteiger charge is 2.25. The minimum Gasteiger partial charge on any atom is -0.392 e. The van der Waals surface area contributed by atoms with Crippen LogP contribution in [0.3, 0.4) is 0 Å². The van der Waals surface area contributed by atoms with Gasteiger partial charge in [-0.3, -0.25) is 0 Å². The van der Waals surface area contributed by atoms with Gasteiger partial charge in [-0.05, 0) is 36.5 Å². The van der Waals surface area contributed by atoms with Crippen molar-refractivity contribution >= 4 is 10.0 Å². The number of aliphatic hydroxyl groups is 1. The summed E-state index contributed by atoms with van der Waals surface area (Å²) >= 11 is 0. The van der Waals surface area contributed by atoms with E-state index < -0.39 is 33.2 Å². The molecule has 1 aliphatic carbocycles. The lowest BCUT2D eigenvalue weighted by Crippen LogP contribution is -2.32. The van der Waals surface area contributed by atoms with Gasteiger partial charge in [0.2, 0.25) is 10.0 Å². The molecule has 4 nitrogen and oxygen atoms in total. The lowest BCUT2D eigenvalue weighted by molar-refractivity contribution is 0.280. The fourth-order valence-electron chi connectivity index (χ4n) is 1.91. The Hall–Kier alpha value is -1.05. The quantitative estimate of drug-likeness (QED) is 0.864. The molecule has 0 heterocycles. The van der Waals surface area contributed by atoms with Crippen LogP contribution in [-0.2, 0) is 16.6 Å². The average Bonchev–Trinajstić information content (AvgIpc) is 2.30. The number of sulfonamides is 1. The molecule has 0 aromatic heterocycles. The Bertz CT molecular complexity index is 571. The van der Waals surface area contributed by atoms with Crippen LogP contribution in [0.1, 0.15) is 24.8 Å². The van der Waals surface area contributed by atoms with E-state index in [-0.39, 0.29) is 18.0 Å². The first kappa shape index (κ1) is 14.4. The van der Waals surface area contributed by atoms with Gasteiger partial charge in [0.1, 0.15) is 4.90 Å². The van der Waals surface area contributed by atoms with Crippen LogP contribution in [0.15, 0.2) is 17.0 Å². The Labute approximate surface area is 110 Å². The van der Waals surface area contributed by atoms with Gasteiger partial charge in [0.15, 0.2) is 11.6 Å². The summed E-state index contributed by atoms with van der Waals surface area (Å²) < 4.78 is 52.9. The fourth-order valence-corrected chi connectivity index (χ4v) is 3.16. The van der Waals surface area contributed by atoms with Crippen molar-refractivity contribution in [1.82, 2.24) is 4.72 Å². The summed E-state index contributed by atoms with van der Waals surface area (Å²) in [6, 6.07) is 1.72. The van der Waals surface area contributed by atoms with E-state index in [1.165, 1.54) is 0 Å². The molecule has 2 rings (SSSR count). The maximum Gasteiger partial charge on any atom is 0.243 e. The highest BCUT2D eigenvalue weighted by molar-refractivity contribution is 7.89. The molecule has 1 aliphatic rings. The fraction of sp³-hybridized carbons (Fsp3) is 0.500. The molecule has 0 bridgehead atoms. The van der Waals surface area contributed by atoms with Crippen LogP contribution < -0.4 is 4.72 Å². The smallest absolute Gasteiger partial charge is 0.243 e. The van der Waals surface area contributed by atoms with Crippen molar-refractivity contribution in [3.63, 3.8) is 0 Å². The number of aliphatic hydroxyl groups excluding tert-OH is 1. The molecule has 0 saturated heterocycles. The summed E-state index contributed by atoms with van der Waals surface area (Å²) in [6.45, 7) is -0.324. The van der Waals surface area contributed by atoms with Crippen molar-refractivity contribution in [2.45, 2.75) is 30.8 Å². The minimum atomic E-state index is -4.09. The van der Waals surface area contributed by atoms with E-state index in [4.69, 9.17) is 5.11 Å². The van der Waals surface area contributed by atoms with Crippen molar-refractivity contribution in [2.24, 2.45) is 5.92 Å². The zero-order chi connectivity index (χ0) is 14.0. The number of halogens is 2. The second-order valence-corrected chi connectivity index (χ2v) is 6.43. The first-order valence-corrected chi connectivity index (χ1v) is 7.51. The molecule has 1 aromatic carbocycles. The van der Waals surface area contributed by atoms with Gasteiger partial charge < -0.3 is 5.11 Å². The van der Waals surface area contributed by atoms with Gasteiger partial charge in [0, 0.05) is 6.54 Å². The Kier molecular flexibility index (Phi) is 4.17. The van der Waals surface area contributed by atoms with Crippen molar-refractivity contribution in [2.75, 3.05) is 6.54 Å². The monoisotopic (exact) mass is 291 g/mol. The average molecular weight is 291 g/mol. The number of hydrogen-bond donors (Lipinski definition) is 2. The molecule has 106 valence electrons. The summed E-state index contributed by atoms with van der Waals surface area (Å²) in [5, 5.41) is 8.90. The molecular formula is C12H15F2NO3S. The molecule has 7 heteroatoms. The SMILES string of the molecule is O=S(=O)(NCC1CCC1)c1cc(CO)cc(F)c1F. The lowest BCUT2D eigenvalue weighted by Gasteiger charge is -2.25. The molecule has 0 unspecified atom stereocenters. The molecule has 0 atom stereocenters. The van der Waals surface area contributed by atoms with Gasteiger partial charge in [0.05, 0.1) is 6.61 Å². The molecule has 1 aromatic rings. The van der Waals surface area contributed by atoms with E-state index in [9.17, 15) is 17.2 Å². The van der Waals surface area contributed by atoms with E-state index in [1.807, 2.05) is 0 Å². The van der Waals surface area contributed by atoms with Gasteiger partial charge in [-0.1, -0.05) is 6.42 Å². The van der Waals surface area contributed by atoms with Crippen LogP contribution in [0.5, 0.6) is 0 Å². The van der Waals surface area contributed by atoms with Crippen molar-refractivity contribution in [3.8, 4) is 0 Å². The third-order valence-electron chi connectivity index (χ3n) is 3.31. The zero-order valence-electron chi connectivity index (χ0n) is 10.2. The standard InChI is InChI=1S/C12H15F2NO3S/c13-10-4-9(7-16)5-11(12(10)14)19(17,18)15-6-8-2-1-3-8/h4-5,8,15-16H,1-3,6-7H2. The molecule has 0 amide bonds. The molecule has 1 fully saturated rings. The third kappa shape index (κ3) is 3.10. The van der Waals surface area contributed by atoms with Gasteiger partial charge in [-0.15, -0.1) is 0 Å². The molecule has 0 spiro atoms. The normalized spacial score (nSPS) is 16.4. The predicted octanol–water partition coefficient (Wildman–Crippen LogP) is 1.54. The third-order valence-corrected chi connectivity index (χ3v) is 4.74. The number of nitrogens with one attached hydrogen (secondary N) is 1. The van der Waals surface area contributed by atoms with Crippen molar-refractivity contribution in [3.05, 3.63) is 29.3 Å². The Morgan fingerprint density at radius 1 is 1.32 bits per heavy atom. The Morgan fingerprint density at radius 3 is 2.53 bits per heavy atom. The molecule has 0 radical (unpaired) electrons. The van der Waals surface area contributed by atoms with E-state index in [0.29, 0.717) is 0 Å². The van der Waals surface area contributed by atoms with Gasteiger partial charge in [-0.25, -0.2) is 21.9 Å². The zero-order valence-corrected chi connectivity index (χ0v) is 11.0. The molecule has 0 aliphatic heterocycles. The van der Waals surface area contributed by atoms with Crippen molar-refractivity contribution < 1.29 is 22.3 Å². The lowest BCUT2D eigenvalue weighted by atomic mass is 9.86. The van der Waals surface area contributed by atoms with Crippen LogP contribution in [-0.4, -0.2) is 20.1 Å². The van der Waals surface area contributed by atoms with Crippen LogP contribution in [0.2, 0.25) is 0 Å². The second kappa shape index (κ2) is 5.52. The summed E-state index contributed by atoms with van der Waals surface area (Å²) in [7, 11) is -4.09. The highest BCUT2D eigenvalue weighted by atomic mass is 32.2. The maximum absolute atomic E-state index is 13.6. The topological polar surface area (TPSA) is 66.4 Å². The summed E-state index contributed by atoms with van der Waals surface area (Å²) in [4.78, 5) is -0.754. The number of hydrogen-bond acceptors (Lipinski definition) is 3. The Balaban J connectivity index is 2.25. The van der Waals surface area contributed by atoms with Crippen LogP contribution >= 0.6 is 0 Å². The van der Waals surface area contributed by atoms with Crippen molar-refractivity contribution in [1.29, 1.82) is 0 Å². The van der Waals surface area contributed by atoms with E-state index >= 15 is 0 Å². The first-order chi connectivity index (χ1) is 8.94. The molecule has 2 N–H and O–H groups in total. The second-order valence-electron chi connectivity index (χ2n) is 4.70. The summed E-state index contributed by atoms with van der Waals surface area (Å²) in [6.07, 6.45) is 2.95. The van der Waals surface area contributed by atoms with E-state index in [0.717, 1.165) is 31.4 Å². The predicted molar refractivity (Wildman–Crippen MR) is 64.8 cm³/mol. The minimum absolute atomic E-state index is 0.0166. The first-order valence-electron chi connectivity index (χ1n) is 6.02. The van der Waals surface area contributed by atoms with Crippen LogP contribution in [0, 0.1) is 17.6 Å². The van der Waals surface area contributed by atoms with Crippen LogP contribution in [0.4, 0.5) is 8.78 Å².